The van der Waals surface area contributed by atoms with Crippen molar-refractivity contribution < 1.29 is 4.42 Å². The Bertz CT molecular complexity index is 939. The van der Waals surface area contributed by atoms with Crippen molar-refractivity contribution in [2.24, 2.45) is 0 Å². The first-order valence-corrected chi connectivity index (χ1v) is 9.09. The molecule has 0 radical (unpaired) electrons. The van der Waals surface area contributed by atoms with Gasteiger partial charge in [0.1, 0.15) is 5.58 Å². The Morgan fingerprint density at radius 2 is 1.54 bits per heavy atom. The fourth-order valence-electron chi connectivity index (χ4n) is 3.18. The van der Waals surface area contributed by atoms with E-state index in [0.717, 1.165) is 35.4 Å². The minimum Gasteiger partial charge on any atom is -0.422 e. The van der Waals surface area contributed by atoms with Crippen molar-refractivity contribution in [1.82, 2.24) is 0 Å². The van der Waals surface area contributed by atoms with Crippen LogP contribution in [0.2, 0.25) is 0 Å². The second-order valence-corrected chi connectivity index (χ2v) is 6.69. The molecule has 0 N–H and O–H groups in total. The van der Waals surface area contributed by atoms with Gasteiger partial charge in [0.2, 0.25) is 0 Å². The standard InChI is InChI=1S/C22H26N2O2/c1-5-24(6-2)20-12-9-17-14-18(22(25)26-21(17)15-20)13-16-7-10-19(11-8-16)23(3)4/h7-12,14-15H,5-6,13H2,1-4H3. The van der Waals surface area contributed by atoms with Crippen LogP contribution in [0.3, 0.4) is 0 Å². The second-order valence-electron chi connectivity index (χ2n) is 6.69. The Labute approximate surface area is 154 Å². The molecule has 136 valence electrons. The quantitative estimate of drug-likeness (QED) is 0.621. The molecule has 0 saturated carbocycles. The highest BCUT2D eigenvalue weighted by Gasteiger charge is 2.09. The number of fused-ring (bicyclic) bond motifs is 1. The van der Waals surface area contributed by atoms with E-state index in [2.05, 4.69) is 54.0 Å². The largest absolute Gasteiger partial charge is 0.422 e. The first-order chi connectivity index (χ1) is 12.5. The van der Waals surface area contributed by atoms with E-state index in [1.54, 1.807) is 0 Å². The molecule has 0 spiro atoms. The van der Waals surface area contributed by atoms with E-state index in [0.29, 0.717) is 17.6 Å². The van der Waals surface area contributed by atoms with Gasteiger partial charge in [-0.25, -0.2) is 4.79 Å². The molecule has 0 unspecified atom stereocenters. The average molecular weight is 350 g/mol. The van der Waals surface area contributed by atoms with Gasteiger partial charge in [0.25, 0.3) is 0 Å². The van der Waals surface area contributed by atoms with Crippen LogP contribution in [-0.4, -0.2) is 27.2 Å². The molecule has 0 aliphatic heterocycles. The molecule has 4 heteroatoms. The lowest BCUT2D eigenvalue weighted by Crippen LogP contribution is -2.21. The molecule has 26 heavy (non-hydrogen) atoms. The van der Waals surface area contributed by atoms with E-state index in [-0.39, 0.29) is 5.63 Å². The summed E-state index contributed by atoms with van der Waals surface area (Å²) in [5.41, 5.74) is 4.39. The van der Waals surface area contributed by atoms with E-state index in [1.807, 2.05) is 32.3 Å². The maximum absolute atomic E-state index is 12.4. The zero-order valence-corrected chi connectivity index (χ0v) is 16.0. The summed E-state index contributed by atoms with van der Waals surface area (Å²) in [5.74, 6) is 0. The van der Waals surface area contributed by atoms with Crippen molar-refractivity contribution in [2.75, 3.05) is 37.0 Å². The van der Waals surface area contributed by atoms with E-state index >= 15 is 0 Å². The molecule has 0 fully saturated rings. The average Bonchev–Trinajstić information content (AvgIpc) is 2.64. The van der Waals surface area contributed by atoms with E-state index in [9.17, 15) is 4.79 Å². The third kappa shape index (κ3) is 3.74. The fourth-order valence-corrected chi connectivity index (χ4v) is 3.18. The normalized spacial score (nSPS) is 10.9. The maximum atomic E-state index is 12.4. The topological polar surface area (TPSA) is 36.7 Å². The molecule has 2 aromatic carbocycles. The number of anilines is 2. The summed E-state index contributed by atoms with van der Waals surface area (Å²) in [7, 11) is 4.03. The molecule has 0 bridgehead atoms. The Morgan fingerprint density at radius 3 is 2.15 bits per heavy atom. The molecule has 3 rings (SSSR count). The molecule has 0 saturated heterocycles. The van der Waals surface area contributed by atoms with Crippen LogP contribution >= 0.6 is 0 Å². The number of hydrogen-bond acceptors (Lipinski definition) is 4. The van der Waals surface area contributed by atoms with Gasteiger partial charge in [-0.1, -0.05) is 12.1 Å². The molecule has 0 atom stereocenters. The lowest BCUT2D eigenvalue weighted by molar-refractivity contribution is 0.552. The van der Waals surface area contributed by atoms with E-state index < -0.39 is 0 Å². The lowest BCUT2D eigenvalue weighted by atomic mass is 10.0. The van der Waals surface area contributed by atoms with Crippen LogP contribution in [-0.2, 0) is 6.42 Å². The SMILES string of the molecule is CCN(CC)c1ccc2cc(Cc3ccc(N(C)C)cc3)c(=O)oc2c1. The second kappa shape index (κ2) is 7.65. The highest BCUT2D eigenvalue weighted by molar-refractivity contribution is 5.81. The first-order valence-electron chi connectivity index (χ1n) is 9.09. The monoisotopic (exact) mass is 350 g/mol. The third-order valence-electron chi connectivity index (χ3n) is 4.77. The molecule has 3 aromatic rings. The van der Waals surface area contributed by atoms with Gasteiger partial charge in [0, 0.05) is 62.0 Å². The van der Waals surface area contributed by atoms with Gasteiger partial charge in [-0.3, -0.25) is 0 Å². The van der Waals surface area contributed by atoms with Gasteiger partial charge in [0.05, 0.1) is 0 Å². The van der Waals surface area contributed by atoms with Gasteiger partial charge in [-0.2, -0.15) is 0 Å². The predicted molar refractivity (Wildman–Crippen MR) is 110 cm³/mol. The number of hydrogen-bond donors (Lipinski definition) is 0. The van der Waals surface area contributed by atoms with Crippen LogP contribution in [0.4, 0.5) is 11.4 Å². The summed E-state index contributed by atoms with van der Waals surface area (Å²) in [4.78, 5) is 16.7. The van der Waals surface area contributed by atoms with Crippen LogP contribution in [0.25, 0.3) is 11.0 Å². The molecule has 0 aliphatic carbocycles. The highest BCUT2D eigenvalue weighted by Crippen LogP contribution is 2.23. The van der Waals surface area contributed by atoms with Gasteiger partial charge >= 0.3 is 5.63 Å². The Kier molecular flexibility index (Phi) is 5.31. The predicted octanol–water partition coefficient (Wildman–Crippen LogP) is 4.30. The van der Waals surface area contributed by atoms with Crippen LogP contribution in [0.15, 0.2) is 57.7 Å². The van der Waals surface area contributed by atoms with Crippen LogP contribution in [0.1, 0.15) is 25.0 Å². The highest BCUT2D eigenvalue weighted by atomic mass is 16.4. The van der Waals surface area contributed by atoms with Gasteiger partial charge < -0.3 is 14.2 Å². The summed E-state index contributed by atoms with van der Waals surface area (Å²) in [5, 5.41) is 0.959. The summed E-state index contributed by atoms with van der Waals surface area (Å²) >= 11 is 0. The minimum atomic E-state index is -0.258. The zero-order valence-electron chi connectivity index (χ0n) is 16.0. The van der Waals surface area contributed by atoms with Crippen molar-refractivity contribution in [1.29, 1.82) is 0 Å². The number of rotatable bonds is 6. The zero-order chi connectivity index (χ0) is 18.7. The molecular formula is C22H26N2O2. The van der Waals surface area contributed by atoms with Crippen molar-refractivity contribution in [2.45, 2.75) is 20.3 Å². The smallest absolute Gasteiger partial charge is 0.339 e. The molecule has 4 nitrogen and oxygen atoms in total. The van der Waals surface area contributed by atoms with Crippen molar-refractivity contribution in [3.63, 3.8) is 0 Å². The number of benzene rings is 2. The molecule has 0 amide bonds. The van der Waals surface area contributed by atoms with E-state index in [1.165, 1.54) is 0 Å². The third-order valence-corrected chi connectivity index (χ3v) is 4.77. The fraction of sp³-hybridized carbons (Fsp3) is 0.318. The summed E-state index contributed by atoms with van der Waals surface area (Å²) in [6.07, 6.45) is 0.573. The Morgan fingerprint density at radius 1 is 0.885 bits per heavy atom. The summed E-state index contributed by atoms with van der Waals surface area (Å²) in [6.45, 7) is 6.09. The van der Waals surface area contributed by atoms with Crippen LogP contribution in [0.5, 0.6) is 0 Å². The Balaban J connectivity index is 1.91. The molecule has 1 heterocycles. The molecular weight excluding hydrogens is 324 g/mol. The Hall–Kier alpha value is -2.75. The lowest BCUT2D eigenvalue weighted by Gasteiger charge is -2.21. The summed E-state index contributed by atoms with van der Waals surface area (Å²) < 4.78 is 5.62. The molecule has 0 aliphatic rings. The first kappa shape index (κ1) is 18.1. The van der Waals surface area contributed by atoms with Crippen molar-refractivity contribution in [3.8, 4) is 0 Å². The van der Waals surface area contributed by atoms with Crippen molar-refractivity contribution in [3.05, 3.63) is 70.1 Å². The number of nitrogens with zero attached hydrogens (tertiary/aromatic N) is 2. The van der Waals surface area contributed by atoms with Gasteiger partial charge in [-0.15, -0.1) is 0 Å². The van der Waals surface area contributed by atoms with Crippen molar-refractivity contribution >= 4 is 22.3 Å². The van der Waals surface area contributed by atoms with Gasteiger partial charge in [0.15, 0.2) is 0 Å². The van der Waals surface area contributed by atoms with Crippen LogP contribution in [0, 0.1) is 0 Å². The van der Waals surface area contributed by atoms with Crippen LogP contribution < -0.4 is 15.4 Å². The molecule has 1 aromatic heterocycles. The maximum Gasteiger partial charge on any atom is 0.339 e. The van der Waals surface area contributed by atoms with Gasteiger partial charge in [-0.05, 0) is 49.7 Å². The van der Waals surface area contributed by atoms with E-state index in [4.69, 9.17) is 4.42 Å². The summed E-state index contributed by atoms with van der Waals surface area (Å²) in [6, 6.07) is 16.3. The minimum absolute atomic E-state index is 0.258.